The summed E-state index contributed by atoms with van der Waals surface area (Å²) in [5.41, 5.74) is 9.57. The van der Waals surface area contributed by atoms with E-state index in [2.05, 4.69) is 91.5 Å². The van der Waals surface area contributed by atoms with Crippen LogP contribution in [0.1, 0.15) is 30.5 Å². The van der Waals surface area contributed by atoms with Crippen LogP contribution in [-0.2, 0) is 0 Å². The van der Waals surface area contributed by atoms with Crippen molar-refractivity contribution in [3.8, 4) is 11.1 Å². The summed E-state index contributed by atoms with van der Waals surface area (Å²) in [6.45, 7) is 12.5. The van der Waals surface area contributed by atoms with Crippen LogP contribution in [0.3, 0.4) is 0 Å². The fourth-order valence-corrected chi connectivity index (χ4v) is 3.61. The second kappa shape index (κ2) is 6.17. The van der Waals surface area contributed by atoms with Gasteiger partial charge in [-0.2, -0.15) is 0 Å². The first-order valence-electron chi connectivity index (χ1n) is 7.70. The number of fused-ring (bicyclic) bond motifs is 1. The number of allylic oxidation sites excluding steroid dienone is 5. The van der Waals surface area contributed by atoms with Crippen LogP contribution >= 0.6 is 15.9 Å². The quantitative estimate of drug-likeness (QED) is 0.532. The molecule has 0 amide bonds. The summed E-state index contributed by atoms with van der Waals surface area (Å²) in [5, 5.41) is 0. The average molecular weight is 363 g/mol. The lowest BCUT2D eigenvalue weighted by atomic mass is 9.91. The lowest BCUT2D eigenvalue weighted by Crippen LogP contribution is -1.91. The van der Waals surface area contributed by atoms with Gasteiger partial charge in [-0.3, -0.25) is 0 Å². The molecule has 0 N–H and O–H groups in total. The molecule has 23 heavy (non-hydrogen) atoms. The number of hydrogen-bond acceptors (Lipinski definition) is 0. The maximum Gasteiger partial charge on any atom is 0.0175 e. The number of benzene rings is 2. The molecule has 0 aromatic heterocycles. The summed E-state index contributed by atoms with van der Waals surface area (Å²) in [6.07, 6.45) is 6.26. The molecule has 0 fully saturated rings. The summed E-state index contributed by atoms with van der Waals surface area (Å²) < 4.78 is 1.08. The molecule has 1 aliphatic carbocycles. The van der Waals surface area contributed by atoms with Crippen molar-refractivity contribution in [1.29, 1.82) is 0 Å². The van der Waals surface area contributed by atoms with Crippen molar-refractivity contribution in [2.24, 2.45) is 0 Å². The Labute approximate surface area is 146 Å². The first-order valence-corrected chi connectivity index (χ1v) is 8.50. The zero-order chi connectivity index (χ0) is 16.6. The third kappa shape index (κ3) is 2.46. The van der Waals surface area contributed by atoms with Crippen LogP contribution in [0.15, 0.2) is 71.8 Å². The Hall–Kier alpha value is -2.12. The highest BCUT2D eigenvalue weighted by atomic mass is 79.9. The molecule has 0 atom stereocenters. The second-order valence-corrected chi connectivity index (χ2v) is 6.46. The van der Waals surface area contributed by atoms with Crippen LogP contribution in [0, 0.1) is 0 Å². The number of halogens is 1. The minimum Gasteiger partial charge on any atom is -0.0984 e. The van der Waals surface area contributed by atoms with Gasteiger partial charge in [-0.25, -0.2) is 0 Å². The van der Waals surface area contributed by atoms with Crippen molar-refractivity contribution in [2.75, 3.05) is 0 Å². The molecule has 1 heteroatoms. The minimum absolute atomic E-state index is 1.08. The van der Waals surface area contributed by atoms with Crippen molar-refractivity contribution in [2.45, 2.75) is 13.8 Å². The Morgan fingerprint density at radius 2 is 1.48 bits per heavy atom. The lowest BCUT2D eigenvalue weighted by Gasteiger charge is -2.12. The topological polar surface area (TPSA) is 0 Å². The SMILES string of the molecule is C=Cc1c(-c2ccc(Br)cc2)ccc2c1C(=C)C(=C/C)/C2=C\C. The molecule has 0 unspecified atom stereocenters. The van der Waals surface area contributed by atoms with Crippen molar-refractivity contribution >= 4 is 33.2 Å². The van der Waals surface area contributed by atoms with Gasteiger partial charge in [0.05, 0.1) is 0 Å². The number of hydrogen-bond donors (Lipinski definition) is 0. The molecule has 0 nitrogen and oxygen atoms in total. The molecule has 1 aliphatic rings. The fraction of sp³-hybridized carbons (Fsp3) is 0.0909. The summed E-state index contributed by atoms with van der Waals surface area (Å²) in [5.74, 6) is 0. The van der Waals surface area contributed by atoms with E-state index >= 15 is 0 Å². The summed E-state index contributed by atoms with van der Waals surface area (Å²) in [6, 6.07) is 12.8. The lowest BCUT2D eigenvalue weighted by molar-refractivity contribution is 1.53. The van der Waals surface area contributed by atoms with Crippen molar-refractivity contribution in [1.82, 2.24) is 0 Å². The van der Waals surface area contributed by atoms with Gasteiger partial charge in [0, 0.05) is 4.47 Å². The van der Waals surface area contributed by atoms with E-state index in [1.54, 1.807) is 0 Å². The maximum absolute atomic E-state index is 4.34. The average Bonchev–Trinajstić information content (AvgIpc) is 2.86. The molecule has 0 bridgehead atoms. The van der Waals surface area contributed by atoms with Gasteiger partial charge in [0.15, 0.2) is 0 Å². The Bertz CT molecular complexity index is 862. The molecule has 2 aromatic carbocycles. The number of rotatable bonds is 2. The van der Waals surface area contributed by atoms with Gasteiger partial charge in [0.25, 0.3) is 0 Å². The van der Waals surface area contributed by atoms with Crippen LogP contribution in [0.5, 0.6) is 0 Å². The molecule has 114 valence electrons. The molecule has 0 heterocycles. The molecule has 0 saturated carbocycles. The van der Waals surface area contributed by atoms with E-state index in [-0.39, 0.29) is 0 Å². The maximum atomic E-state index is 4.34. The van der Waals surface area contributed by atoms with E-state index in [0.717, 1.165) is 15.6 Å². The highest BCUT2D eigenvalue weighted by Crippen LogP contribution is 2.48. The predicted octanol–water partition coefficient (Wildman–Crippen LogP) is 7.14. The van der Waals surface area contributed by atoms with Gasteiger partial charge < -0.3 is 0 Å². The Balaban J connectivity index is 2.30. The zero-order valence-electron chi connectivity index (χ0n) is 13.5. The van der Waals surface area contributed by atoms with Crippen LogP contribution in [0.2, 0.25) is 0 Å². The van der Waals surface area contributed by atoms with E-state index in [4.69, 9.17) is 0 Å². The standard InChI is InChI=1S/C22H19Br/c1-5-17-14(4)22-19(7-3)20(12-13-21(22)18(17)6-2)15-8-10-16(23)11-9-15/h5-13H,3-4H2,1-2H3/b17-5-,18-6+. The van der Waals surface area contributed by atoms with Crippen LogP contribution < -0.4 is 0 Å². The highest BCUT2D eigenvalue weighted by Gasteiger charge is 2.27. The van der Waals surface area contributed by atoms with E-state index in [1.165, 1.54) is 33.4 Å². The summed E-state index contributed by atoms with van der Waals surface area (Å²) >= 11 is 3.50. The van der Waals surface area contributed by atoms with Gasteiger partial charge in [0.2, 0.25) is 0 Å². The first kappa shape index (κ1) is 15.8. The predicted molar refractivity (Wildman–Crippen MR) is 106 cm³/mol. The van der Waals surface area contributed by atoms with E-state index < -0.39 is 0 Å². The third-order valence-corrected chi connectivity index (χ3v) is 4.92. The minimum atomic E-state index is 1.08. The molecular weight excluding hydrogens is 344 g/mol. The van der Waals surface area contributed by atoms with Crippen LogP contribution in [-0.4, -0.2) is 0 Å². The molecule has 0 spiro atoms. The van der Waals surface area contributed by atoms with Gasteiger partial charge in [-0.1, -0.05) is 71.6 Å². The molecule has 0 aliphatic heterocycles. The molecule has 0 saturated heterocycles. The molecule has 2 aromatic rings. The first-order chi connectivity index (χ1) is 11.1. The largest absolute Gasteiger partial charge is 0.0984 e. The van der Waals surface area contributed by atoms with Crippen molar-refractivity contribution in [3.63, 3.8) is 0 Å². The highest BCUT2D eigenvalue weighted by molar-refractivity contribution is 9.10. The van der Waals surface area contributed by atoms with Crippen molar-refractivity contribution in [3.05, 3.63) is 88.4 Å². The Morgan fingerprint density at radius 3 is 2.04 bits per heavy atom. The second-order valence-electron chi connectivity index (χ2n) is 5.54. The van der Waals surface area contributed by atoms with E-state index in [9.17, 15) is 0 Å². The van der Waals surface area contributed by atoms with Crippen LogP contribution in [0.25, 0.3) is 28.3 Å². The monoisotopic (exact) mass is 362 g/mol. The van der Waals surface area contributed by atoms with E-state index in [0.29, 0.717) is 0 Å². The fourth-order valence-electron chi connectivity index (χ4n) is 3.35. The van der Waals surface area contributed by atoms with Gasteiger partial charge in [-0.15, -0.1) is 0 Å². The Kier molecular flexibility index (Phi) is 4.23. The molecule has 0 radical (unpaired) electrons. The smallest absolute Gasteiger partial charge is 0.0175 e. The molecule has 3 rings (SSSR count). The van der Waals surface area contributed by atoms with Gasteiger partial charge in [0.1, 0.15) is 0 Å². The Morgan fingerprint density at radius 1 is 0.870 bits per heavy atom. The van der Waals surface area contributed by atoms with Crippen molar-refractivity contribution < 1.29 is 0 Å². The van der Waals surface area contributed by atoms with Gasteiger partial charge >= 0.3 is 0 Å². The summed E-state index contributed by atoms with van der Waals surface area (Å²) in [7, 11) is 0. The zero-order valence-corrected chi connectivity index (χ0v) is 15.1. The molecular formula is C22H19Br. The van der Waals surface area contributed by atoms with Crippen LogP contribution in [0.4, 0.5) is 0 Å². The van der Waals surface area contributed by atoms with Gasteiger partial charge in [-0.05, 0) is 70.5 Å². The van der Waals surface area contributed by atoms with E-state index in [1.807, 2.05) is 6.08 Å². The third-order valence-electron chi connectivity index (χ3n) is 4.39. The normalized spacial score (nSPS) is 16.9. The summed E-state index contributed by atoms with van der Waals surface area (Å²) in [4.78, 5) is 0.